The number of ether oxygens (including phenoxy) is 7. The number of rotatable bonds is 9. The molecule has 0 unspecified atom stereocenters. The monoisotopic (exact) mass is 636 g/mol. The number of aliphatic hydroxyl groups excluding tert-OH is 13. The van der Waals surface area contributed by atoms with Gasteiger partial charge in [-0.15, -0.1) is 0 Å². The highest BCUT2D eigenvalue weighted by atomic mass is 16.8. The number of hydrogen-bond acceptors (Lipinski definition) is 20. The van der Waals surface area contributed by atoms with Gasteiger partial charge >= 0.3 is 0 Å². The predicted octanol–water partition coefficient (Wildman–Crippen LogP) is -9.11. The molecule has 0 aromatic rings. The summed E-state index contributed by atoms with van der Waals surface area (Å²) in [6, 6.07) is 0. The van der Waals surface area contributed by atoms with Crippen LogP contribution < -0.4 is 0 Å². The van der Waals surface area contributed by atoms with Gasteiger partial charge in [0, 0.05) is 0 Å². The second-order valence-corrected chi connectivity index (χ2v) is 10.7. The van der Waals surface area contributed by atoms with E-state index in [4.69, 9.17) is 33.2 Å². The second-order valence-electron chi connectivity index (χ2n) is 10.7. The molecule has 4 rings (SSSR count). The van der Waals surface area contributed by atoms with Crippen LogP contribution in [0.25, 0.3) is 0 Å². The summed E-state index contributed by atoms with van der Waals surface area (Å²) in [6.07, 6.45) is -32.9. The fourth-order valence-electron chi connectivity index (χ4n) is 5.16. The van der Waals surface area contributed by atoms with E-state index >= 15 is 0 Å². The van der Waals surface area contributed by atoms with E-state index in [1.54, 1.807) is 0 Å². The molecule has 0 saturated carbocycles. The lowest BCUT2D eigenvalue weighted by molar-refractivity contribution is -0.382. The molecule has 0 aromatic carbocycles. The van der Waals surface area contributed by atoms with Crippen LogP contribution in [0.2, 0.25) is 0 Å². The van der Waals surface area contributed by atoms with Crippen molar-refractivity contribution in [3.8, 4) is 0 Å². The normalized spacial score (nSPS) is 53.1. The smallest absolute Gasteiger partial charge is 0.187 e. The van der Waals surface area contributed by atoms with E-state index < -0.39 is 143 Å². The highest BCUT2D eigenvalue weighted by molar-refractivity contribution is 4.96. The molecule has 0 aromatic heterocycles. The van der Waals surface area contributed by atoms with Crippen LogP contribution in [0.4, 0.5) is 0 Å². The second kappa shape index (κ2) is 14.7. The highest BCUT2D eigenvalue weighted by Crippen LogP contribution is 2.33. The summed E-state index contributed by atoms with van der Waals surface area (Å²) >= 11 is 0. The first kappa shape index (κ1) is 35.1. The standard InChI is InChI=1S/C23H40O20/c24-1-6-10(28)11(29)16(34)22(40-6)43-19-8(4-38-21-15(33)9(27)5(26)3-37-21)41-23(17(35)13(19)31)42-18-7(2-25)39-20(36)14(32)12(18)30/h5-36H,1-4H2/t5-,6-,7-,8-,9+,10-,11+,12-,13-,14-,15-,16-,17-,18-,19-,20-,21-,22+,23+/m1/s1. The number of hydrogen-bond donors (Lipinski definition) is 13. The molecule has 0 spiro atoms. The van der Waals surface area contributed by atoms with Crippen molar-refractivity contribution >= 4 is 0 Å². The van der Waals surface area contributed by atoms with Gasteiger partial charge in [0.2, 0.25) is 0 Å². The molecule has 0 amide bonds. The van der Waals surface area contributed by atoms with Crippen molar-refractivity contribution in [1.82, 2.24) is 0 Å². The molecule has 13 N–H and O–H groups in total. The van der Waals surface area contributed by atoms with Crippen LogP contribution in [-0.2, 0) is 33.2 Å². The minimum absolute atomic E-state index is 0.428. The van der Waals surface area contributed by atoms with Crippen molar-refractivity contribution in [3.05, 3.63) is 0 Å². The van der Waals surface area contributed by atoms with Crippen molar-refractivity contribution < 1.29 is 99.5 Å². The lowest BCUT2D eigenvalue weighted by Gasteiger charge is -2.48. The summed E-state index contributed by atoms with van der Waals surface area (Å²) in [7, 11) is 0. The summed E-state index contributed by atoms with van der Waals surface area (Å²) in [5, 5.41) is 132. The summed E-state index contributed by atoms with van der Waals surface area (Å²) in [5.41, 5.74) is 0. The van der Waals surface area contributed by atoms with Gasteiger partial charge in [0.1, 0.15) is 91.6 Å². The lowest BCUT2D eigenvalue weighted by Crippen LogP contribution is -2.66. The van der Waals surface area contributed by atoms with Gasteiger partial charge in [-0.25, -0.2) is 0 Å². The Hall–Kier alpha value is -0.800. The zero-order valence-electron chi connectivity index (χ0n) is 22.5. The van der Waals surface area contributed by atoms with E-state index in [0.29, 0.717) is 0 Å². The Balaban J connectivity index is 1.54. The molecule has 0 aliphatic carbocycles. The predicted molar refractivity (Wildman–Crippen MR) is 128 cm³/mol. The summed E-state index contributed by atoms with van der Waals surface area (Å²) in [4.78, 5) is 0. The van der Waals surface area contributed by atoms with E-state index in [2.05, 4.69) is 0 Å². The molecule has 0 bridgehead atoms. The fourth-order valence-corrected chi connectivity index (χ4v) is 5.16. The molecule has 19 atom stereocenters. The lowest BCUT2D eigenvalue weighted by atomic mass is 9.96. The van der Waals surface area contributed by atoms with E-state index in [9.17, 15) is 66.4 Å². The first-order valence-electron chi connectivity index (χ1n) is 13.5. The third-order valence-electron chi connectivity index (χ3n) is 7.79. The maximum absolute atomic E-state index is 11.0. The maximum Gasteiger partial charge on any atom is 0.187 e. The molecule has 43 heavy (non-hydrogen) atoms. The molecule has 4 aliphatic rings. The van der Waals surface area contributed by atoms with Crippen LogP contribution in [0.1, 0.15) is 0 Å². The molecule has 4 heterocycles. The molecule has 20 heteroatoms. The Labute approximate surface area is 243 Å². The topological polar surface area (TPSA) is 328 Å². The van der Waals surface area contributed by atoms with Gasteiger partial charge in [0.15, 0.2) is 25.2 Å². The van der Waals surface area contributed by atoms with Crippen molar-refractivity contribution in [3.63, 3.8) is 0 Å². The average Bonchev–Trinajstić information content (AvgIpc) is 2.99. The highest BCUT2D eigenvalue weighted by Gasteiger charge is 2.54. The van der Waals surface area contributed by atoms with Crippen LogP contribution in [0, 0.1) is 0 Å². The number of aliphatic hydroxyl groups is 13. The maximum atomic E-state index is 11.0. The van der Waals surface area contributed by atoms with Crippen LogP contribution in [0.15, 0.2) is 0 Å². The van der Waals surface area contributed by atoms with E-state index in [1.165, 1.54) is 0 Å². The zero-order valence-corrected chi connectivity index (χ0v) is 22.5. The first-order chi connectivity index (χ1) is 20.3. The van der Waals surface area contributed by atoms with Gasteiger partial charge in [-0.05, 0) is 0 Å². The van der Waals surface area contributed by atoms with Crippen molar-refractivity contribution in [2.24, 2.45) is 0 Å². The van der Waals surface area contributed by atoms with Gasteiger partial charge in [-0.1, -0.05) is 0 Å². The van der Waals surface area contributed by atoms with Crippen molar-refractivity contribution in [1.29, 1.82) is 0 Å². The van der Waals surface area contributed by atoms with Crippen molar-refractivity contribution in [2.75, 3.05) is 26.4 Å². The van der Waals surface area contributed by atoms with Gasteiger partial charge < -0.3 is 99.5 Å². The van der Waals surface area contributed by atoms with Crippen LogP contribution in [0.3, 0.4) is 0 Å². The molecule has 4 aliphatic heterocycles. The zero-order chi connectivity index (χ0) is 31.7. The molecule has 0 radical (unpaired) electrons. The third kappa shape index (κ3) is 7.29. The summed E-state index contributed by atoms with van der Waals surface area (Å²) in [6.45, 7) is -2.73. The van der Waals surface area contributed by atoms with Crippen LogP contribution >= 0.6 is 0 Å². The Kier molecular flexibility index (Phi) is 12.0. The van der Waals surface area contributed by atoms with Gasteiger partial charge in [-0.3, -0.25) is 0 Å². The average molecular weight is 637 g/mol. The van der Waals surface area contributed by atoms with E-state index in [-0.39, 0.29) is 0 Å². The summed E-state index contributed by atoms with van der Waals surface area (Å²) in [5.74, 6) is 0. The largest absolute Gasteiger partial charge is 0.394 e. The molecule has 20 nitrogen and oxygen atoms in total. The molecular formula is C23H40O20. The quantitative estimate of drug-likeness (QED) is 0.112. The Morgan fingerprint density at radius 1 is 0.488 bits per heavy atom. The fraction of sp³-hybridized carbons (Fsp3) is 1.00. The Bertz CT molecular complexity index is 867. The SMILES string of the molecule is OC[C@H]1O[C@@H](O[C@H]2[C@H](O)[C@@H](O)[C@H](O[C@H]3[C@H](O)[C@@H](O)[C@H](O)O[C@@H]3CO)O[C@@H]2CO[C@H]2OC[C@@H](O)[C@H](O)[C@H]2O)[C@H](O)[C@@H](O)[C@@H]1O. The van der Waals surface area contributed by atoms with E-state index in [0.717, 1.165) is 0 Å². The van der Waals surface area contributed by atoms with E-state index in [1.807, 2.05) is 0 Å². The molecular weight excluding hydrogens is 596 g/mol. The summed E-state index contributed by atoms with van der Waals surface area (Å²) < 4.78 is 37.9. The van der Waals surface area contributed by atoms with Crippen LogP contribution in [-0.4, -0.2) is 210 Å². The van der Waals surface area contributed by atoms with Crippen molar-refractivity contribution in [2.45, 2.75) is 117 Å². The Morgan fingerprint density at radius 2 is 1.00 bits per heavy atom. The minimum Gasteiger partial charge on any atom is -0.394 e. The molecule has 252 valence electrons. The van der Waals surface area contributed by atoms with Gasteiger partial charge in [0.05, 0.1) is 26.4 Å². The first-order valence-corrected chi connectivity index (χ1v) is 13.5. The third-order valence-corrected chi connectivity index (χ3v) is 7.79. The minimum atomic E-state index is -2.02. The Morgan fingerprint density at radius 3 is 1.60 bits per heavy atom. The molecule has 4 saturated heterocycles. The van der Waals surface area contributed by atoms with Crippen LogP contribution in [0.5, 0.6) is 0 Å². The van der Waals surface area contributed by atoms with Gasteiger partial charge in [0.25, 0.3) is 0 Å². The molecule has 4 fully saturated rings. The van der Waals surface area contributed by atoms with Gasteiger partial charge in [-0.2, -0.15) is 0 Å².